The molecule has 164 valence electrons. The van der Waals surface area contributed by atoms with Crippen LogP contribution < -0.4 is 10.2 Å². The Labute approximate surface area is 177 Å². The molecule has 1 heterocycles. The number of hydrogen-bond donors (Lipinski definition) is 1. The summed E-state index contributed by atoms with van der Waals surface area (Å²) < 4.78 is 54.7. The van der Waals surface area contributed by atoms with Crippen LogP contribution in [0.4, 0.5) is 23.2 Å². The van der Waals surface area contributed by atoms with Gasteiger partial charge in [-0.2, -0.15) is 13.2 Å². The molecule has 4 nitrogen and oxygen atoms in total. The standard InChI is InChI=1S/C23H22F4N2O2/c1-12-6-7-14(10-17(12)23(25,26)27)19-13(2)29(22(3,4)20(19)30)15-8-9-16(18(24)11-15)21(31)28-5/h6-11,19H,2H2,1,3-5H3,(H,28,31). The second kappa shape index (κ2) is 7.51. The summed E-state index contributed by atoms with van der Waals surface area (Å²) in [6.07, 6.45) is -4.56. The van der Waals surface area contributed by atoms with Gasteiger partial charge in [0.15, 0.2) is 5.78 Å². The third kappa shape index (κ3) is 3.71. The van der Waals surface area contributed by atoms with Crippen molar-refractivity contribution in [1.82, 2.24) is 5.32 Å². The van der Waals surface area contributed by atoms with Gasteiger partial charge in [-0.05, 0) is 56.2 Å². The summed E-state index contributed by atoms with van der Waals surface area (Å²) >= 11 is 0. The number of amides is 1. The van der Waals surface area contributed by atoms with Crippen LogP contribution in [0, 0.1) is 12.7 Å². The topological polar surface area (TPSA) is 49.4 Å². The molecule has 1 aliphatic rings. The molecule has 8 heteroatoms. The first-order chi connectivity index (χ1) is 14.3. The van der Waals surface area contributed by atoms with E-state index in [2.05, 4.69) is 11.9 Å². The Kier molecular flexibility index (Phi) is 5.46. The number of hydrogen-bond acceptors (Lipinski definition) is 3. The van der Waals surface area contributed by atoms with Crippen molar-refractivity contribution in [2.75, 3.05) is 11.9 Å². The van der Waals surface area contributed by atoms with E-state index < -0.39 is 34.9 Å². The molecule has 1 unspecified atom stereocenters. The average Bonchev–Trinajstić information content (AvgIpc) is 2.85. The molecular weight excluding hydrogens is 412 g/mol. The fraction of sp³-hybridized carbons (Fsp3) is 0.304. The molecule has 0 bridgehead atoms. The first kappa shape index (κ1) is 22.5. The molecule has 0 saturated carbocycles. The van der Waals surface area contributed by atoms with E-state index >= 15 is 0 Å². The normalized spacial score (nSPS) is 18.5. The molecule has 2 aromatic rings. The zero-order valence-corrected chi connectivity index (χ0v) is 17.5. The Morgan fingerprint density at radius 3 is 2.35 bits per heavy atom. The Hall–Kier alpha value is -3.16. The lowest BCUT2D eigenvalue weighted by Gasteiger charge is -2.32. The quantitative estimate of drug-likeness (QED) is 0.694. The number of Topliss-reactive ketones (excluding diaryl/α,β-unsaturated/α-hetero) is 1. The van der Waals surface area contributed by atoms with Crippen LogP contribution in [-0.2, 0) is 11.0 Å². The maximum Gasteiger partial charge on any atom is 0.416 e. The molecule has 0 spiro atoms. The summed E-state index contributed by atoms with van der Waals surface area (Å²) in [7, 11) is 1.38. The van der Waals surface area contributed by atoms with Gasteiger partial charge in [0.05, 0.1) is 22.6 Å². The number of carbonyl (C=O) groups excluding carboxylic acids is 2. The smallest absolute Gasteiger partial charge is 0.355 e. The second-order valence-corrected chi connectivity index (χ2v) is 8.00. The zero-order valence-electron chi connectivity index (χ0n) is 17.5. The molecule has 0 radical (unpaired) electrons. The van der Waals surface area contributed by atoms with Gasteiger partial charge in [-0.1, -0.05) is 18.7 Å². The highest BCUT2D eigenvalue weighted by Gasteiger charge is 2.50. The summed E-state index contributed by atoms with van der Waals surface area (Å²) in [6, 6.07) is 7.66. The van der Waals surface area contributed by atoms with Crippen molar-refractivity contribution >= 4 is 17.4 Å². The molecule has 1 amide bonds. The lowest BCUT2D eigenvalue weighted by atomic mass is 9.87. The Morgan fingerprint density at radius 1 is 1.16 bits per heavy atom. The van der Waals surface area contributed by atoms with Gasteiger partial charge in [-0.15, -0.1) is 0 Å². The van der Waals surface area contributed by atoms with Crippen LogP contribution in [0.3, 0.4) is 0 Å². The summed E-state index contributed by atoms with van der Waals surface area (Å²) in [6.45, 7) is 8.51. The zero-order chi connectivity index (χ0) is 23.3. The van der Waals surface area contributed by atoms with Gasteiger partial charge < -0.3 is 10.2 Å². The van der Waals surface area contributed by atoms with Gasteiger partial charge >= 0.3 is 6.18 Å². The number of nitrogens with one attached hydrogen (secondary N) is 1. The second-order valence-electron chi connectivity index (χ2n) is 8.00. The van der Waals surface area contributed by atoms with E-state index in [1.54, 1.807) is 13.8 Å². The number of allylic oxidation sites excluding steroid dienone is 1. The third-order valence-corrected chi connectivity index (χ3v) is 5.63. The van der Waals surface area contributed by atoms with Crippen molar-refractivity contribution in [3.05, 3.63) is 76.7 Å². The van der Waals surface area contributed by atoms with Crippen molar-refractivity contribution in [2.45, 2.75) is 38.4 Å². The van der Waals surface area contributed by atoms with Crippen LogP contribution in [0.15, 0.2) is 48.7 Å². The maximum atomic E-state index is 14.5. The van der Waals surface area contributed by atoms with Crippen LogP contribution in [0.25, 0.3) is 0 Å². The molecule has 1 saturated heterocycles. The lowest BCUT2D eigenvalue weighted by molar-refractivity contribution is -0.138. The van der Waals surface area contributed by atoms with E-state index in [0.29, 0.717) is 0 Å². The third-order valence-electron chi connectivity index (χ3n) is 5.63. The fourth-order valence-corrected chi connectivity index (χ4v) is 4.02. The minimum absolute atomic E-state index is 0.0512. The first-order valence-electron chi connectivity index (χ1n) is 9.53. The lowest BCUT2D eigenvalue weighted by Crippen LogP contribution is -2.42. The van der Waals surface area contributed by atoms with E-state index in [1.165, 1.54) is 43.1 Å². The molecule has 2 aromatic carbocycles. The van der Waals surface area contributed by atoms with Crippen molar-refractivity contribution in [3.63, 3.8) is 0 Å². The monoisotopic (exact) mass is 434 g/mol. The predicted molar refractivity (Wildman–Crippen MR) is 109 cm³/mol. The van der Waals surface area contributed by atoms with Gasteiger partial charge in [-0.25, -0.2) is 4.39 Å². The van der Waals surface area contributed by atoms with Gasteiger partial charge in [0, 0.05) is 18.4 Å². The Balaban J connectivity index is 2.08. The predicted octanol–water partition coefficient (Wildman–Crippen LogP) is 4.98. The molecule has 1 fully saturated rings. The number of aryl methyl sites for hydroxylation is 1. The number of benzene rings is 2. The molecule has 0 aliphatic carbocycles. The van der Waals surface area contributed by atoms with E-state index in [4.69, 9.17) is 0 Å². The number of ketones is 1. The number of carbonyl (C=O) groups is 2. The van der Waals surface area contributed by atoms with E-state index in [1.807, 2.05) is 0 Å². The number of anilines is 1. The van der Waals surface area contributed by atoms with Crippen molar-refractivity contribution < 1.29 is 27.2 Å². The van der Waals surface area contributed by atoms with E-state index in [-0.39, 0.29) is 33.9 Å². The van der Waals surface area contributed by atoms with Gasteiger partial charge in [0.2, 0.25) is 0 Å². The van der Waals surface area contributed by atoms with Crippen molar-refractivity contribution in [1.29, 1.82) is 0 Å². The molecule has 3 rings (SSSR count). The average molecular weight is 434 g/mol. The van der Waals surface area contributed by atoms with Crippen LogP contribution in [-0.4, -0.2) is 24.3 Å². The number of halogens is 4. The molecular formula is C23H22F4N2O2. The summed E-state index contributed by atoms with van der Waals surface area (Å²) in [4.78, 5) is 26.5. The van der Waals surface area contributed by atoms with Gasteiger partial charge in [0.1, 0.15) is 5.82 Å². The van der Waals surface area contributed by atoms with Gasteiger partial charge in [0.25, 0.3) is 5.91 Å². The SMILES string of the molecule is C=C1C(c2ccc(C)c(C(F)(F)F)c2)C(=O)C(C)(C)N1c1ccc(C(=O)NC)c(F)c1. The largest absolute Gasteiger partial charge is 0.416 e. The minimum Gasteiger partial charge on any atom is -0.355 e. The minimum atomic E-state index is -4.56. The Bertz CT molecular complexity index is 1090. The van der Waals surface area contributed by atoms with E-state index in [9.17, 15) is 27.2 Å². The molecule has 0 aromatic heterocycles. The summed E-state index contributed by atoms with van der Waals surface area (Å²) in [5.41, 5.74) is -1.43. The highest BCUT2D eigenvalue weighted by Crippen LogP contribution is 2.46. The van der Waals surface area contributed by atoms with Crippen LogP contribution in [0.1, 0.15) is 46.8 Å². The summed E-state index contributed by atoms with van der Waals surface area (Å²) in [5.74, 6) is -2.76. The molecule has 1 atom stereocenters. The van der Waals surface area contributed by atoms with Crippen LogP contribution >= 0.6 is 0 Å². The number of rotatable bonds is 3. The van der Waals surface area contributed by atoms with Crippen molar-refractivity contribution in [2.24, 2.45) is 0 Å². The number of nitrogens with zero attached hydrogens (tertiary/aromatic N) is 1. The highest BCUT2D eigenvalue weighted by atomic mass is 19.4. The summed E-state index contributed by atoms with van der Waals surface area (Å²) in [5, 5.41) is 2.34. The fourth-order valence-electron chi connectivity index (χ4n) is 4.02. The molecule has 1 N–H and O–H groups in total. The number of alkyl halides is 3. The molecule has 1 aliphatic heterocycles. The molecule has 31 heavy (non-hydrogen) atoms. The van der Waals surface area contributed by atoms with Gasteiger partial charge in [-0.3, -0.25) is 9.59 Å². The Morgan fingerprint density at radius 2 is 1.81 bits per heavy atom. The van der Waals surface area contributed by atoms with Crippen LogP contribution in [0.2, 0.25) is 0 Å². The maximum absolute atomic E-state index is 14.5. The van der Waals surface area contributed by atoms with Crippen molar-refractivity contribution in [3.8, 4) is 0 Å². The first-order valence-corrected chi connectivity index (χ1v) is 9.53. The van der Waals surface area contributed by atoms with E-state index in [0.717, 1.165) is 12.1 Å². The van der Waals surface area contributed by atoms with Crippen LogP contribution in [0.5, 0.6) is 0 Å². The highest BCUT2D eigenvalue weighted by molar-refractivity contribution is 6.04.